The SMILES string of the molecule is COC(=O)CCCCCCCCCCCCCCCCCCCC(=O)O. The fraction of sp³-hybridized carbons (Fsp3) is 0.909. The van der Waals surface area contributed by atoms with Crippen molar-refractivity contribution in [3.8, 4) is 0 Å². The first-order valence-electron chi connectivity index (χ1n) is 11.0. The molecule has 0 bridgehead atoms. The van der Waals surface area contributed by atoms with Gasteiger partial charge in [0.25, 0.3) is 0 Å². The second kappa shape index (κ2) is 20.3. The summed E-state index contributed by atoms with van der Waals surface area (Å²) >= 11 is 0. The first-order valence-corrected chi connectivity index (χ1v) is 11.0. The van der Waals surface area contributed by atoms with Crippen molar-refractivity contribution in [1.29, 1.82) is 0 Å². The highest BCUT2D eigenvalue weighted by Gasteiger charge is 1.99. The van der Waals surface area contributed by atoms with Gasteiger partial charge in [0.2, 0.25) is 0 Å². The number of carbonyl (C=O) groups excluding carboxylic acids is 1. The van der Waals surface area contributed by atoms with Crippen LogP contribution in [0, 0.1) is 0 Å². The van der Waals surface area contributed by atoms with Crippen LogP contribution in [0.4, 0.5) is 0 Å². The van der Waals surface area contributed by atoms with E-state index in [-0.39, 0.29) is 5.97 Å². The van der Waals surface area contributed by atoms with E-state index in [4.69, 9.17) is 5.11 Å². The van der Waals surface area contributed by atoms with E-state index >= 15 is 0 Å². The summed E-state index contributed by atoms with van der Waals surface area (Å²) in [6.07, 6.45) is 22.1. The Hall–Kier alpha value is -1.06. The van der Waals surface area contributed by atoms with Gasteiger partial charge in [-0.05, 0) is 12.8 Å². The Balaban J connectivity index is 3.03. The smallest absolute Gasteiger partial charge is 0.305 e. The van der Waals surface area contributed by atoms with Crippen molar-refractivity contribution >= 4 is 11.9 Å². The van der Waals surface area contributed by atoms with E-state index in [0.717, 1.165) is 25.7 Å². The molecule has 0 heterocycles. The minimum Gasteiger partial charge on any atom is -0.481 e. The molecule has 0 rings (SSSR count). The molecule has 0 atom stereocenters. The number of aliphatic carboxylic acids is 1. The standard InChI is InChI=1S/C22H42O4/c1-26-22(25)20-18-16-14-12-10-8-6-4-2-3-5-7-9-11-13-15-17-19-21(23)24/h2-20H2,1H3,(H,23,24). The summed E-state index contributed by atoms with van der Waals surface area (Å²) in [6, 6.07) is 0. The van der Waals surface area contributed by atoms with Crippen molar-refractivity contribution < 1.29 is 19.4 Å². The molecule has 4 nitrogen and oxygen atoms in total. The lowest BCUT2D eigenvalue weighted by molar-refractivity contribution is -0.141. The molecule has 0 spiro atoms. The Morgan fingerprint density at radius 2 is 0.808 bits per heavy atom. The molecule has 0 unspecified atom stereocenters. The molecule has 4 heteroatoms. The van der Waals surface area contributed by atoms with Crippen LogP contribution in [-0.4, -0.2) is 24.2 Å². The van der Waals surface area contributed by atoms with Crippen LogP contribution in [0.2, 0.25) is 0 Å². The highest BCUT2D eigenvalue weighted by atomic mass is 16.5. The van der Waals surface area contributed by atoms with Gasteiger partial charge < -0.3 is 9.84 Å². The largest absolute Gasteiger partial charge is 0.481 e. The summed E-state index contributed by atoms with van der Waals surface area (Å²) in [5.74, 6) is -0.749. The number of unbranched alkanes of at least 4 members (excludes halogenated alkanes) is 16. The number of carbonyl (C=O) groups is 2. The van der Waals surface area contributed by atoms with Crippen molar-refractivity contribution in [1.82, 2.24) is 0 Å². The van der Waals surface area contributed by atoms with E-state index in [1.54, 1.807) is 0 Å². The number of rotatable bonds is 20. The number of esters is 1. The molecule has 1 N–H and O–H groups in total. The molecule has 26 heavy (non-hydrogen) atoms. The van der Waals surface area contributed by atoms with Gasteiger partial charge in [-0.25, -0.2) is 0 Å². The van der Waals surface area contributed by atoms with Gasteiger partial charge in [0, 0.05) is 12.8 Å². The van der Waals surface area contributed by atoms with Crippen molar-refractivity contribution in [2.75, 3.05) is 7.11 Å². The first kappa shape index (κ1) is 24.9. The molecule has 0 fully saturated rings. The Morgan fingerprint density at radius 1 is 0.538 bits per heavy atom. The molecule has 0 saturated carbocycles. The second-order valence-corrected chi connectivity index (χ2v) is 7.48. The van der Waals surface area contributed by atoms with E-state index in [1.807, 2.05) is 0 Å². The number of carboxylic acids is 1. The van der Waals surface area contributed by atoms with Crippen LogP contribution in [-0.2, 0) is 14.3 Å². The molecule has 0 amide bonds. The number of hydrogen-bond acceptors (Lipinski definition) is 3. The van der Waals surface area contributed by atoms with Crippen LogP contribution in [0.25, 0.3) is 0 Å². The summed E-state index contributed by atoms with van der Waals surface area (Å²) in [4.78, 5) is 21.4. The number of methoxy groups -OCH3 is 1. The first-order chi connectivity index (χ1) is 12.7. The molecule has 154 valence electrons. The summed E-state index contributed by atoms with van der Waals surface area (Å²) in [5.41, 5.74) is 0. The molecule has 0 saturated heterocycles. The Bertz CT molecular complexity index is 328. The van der Waals surface area contributed by atoms with Crippen LogP contribution in [0.3, 0.4) is 0 Å². The quantitative estimate of drug-likeness (QED) is 0.192. The van der Waals surface area contributed by atoms with Crippen molar-refractivity contribution in [3.63, 3.8) is 0 Å². The zero-order valence-electron chi connectivity index (χ0n) is 17.1. The topological polar surface area (TPSA) is 63.6 Å². The lowest BCUT2D eigenvalue weighted by atomic mass is 10.0. The second-order valence-electron chi connectivity index (χ2n) is 7.48. The van der Waals surface area contributed by atoms with Gasteiger partial charge in [0.05, 0.1) is 7.11 Å². The monoisotopic (exact) mass is 370 g/mol. The Kier molecular flexibility index (Phi) is 19.4. The van der Waals surface area contributed by atoms with Gasteiger partial charge in [0.15, 0.2) is 0 Å². The maximum atomic E-state index is 11.0. The molecule has 0 aromatic heterocycles. The fourth-order valence-corrected chi connectivity index (χ4v) is 3.30. The zero-order valence-corrected chi connectivity index (χ0v) is 17.1. The van der Waals surface area contributed by atoms with Crippen molar-refractivity contribution in [3.05, 3.63) is 0 Å². The number of carboxylic acid groups (broad SMARTS) is 1. The highest BCUT2D eigenvalue weighted by molar-refractivity contribution is 5.69. The van der Waals surface area contributed by atoms with E-state index in [1.165, 1.54) is 90.6 Å². The van der Waals surface area contributed by atoms with Crippen molar-refractivity contribution in [2.45, 2.75) is 122 Å². The predicted octanol–water partition coefficient (Wildman–Crippen LogP) is 6.66. The van der Waals surface area contributed by atoms with Gasteiger partial charge in [-0.15, -0.1) is 0 Å². The molecule has 0 radical (unpaired) electrons. The van der Waals surface area contributed by atoms with E-state index in [2.05, 4.69) is 4.74 Å². The highest BCUT2D eigenvalue weighted by Crippen LogP contribution is 2.14. The lowest BCUT2D eigenvalue weighted by Crippen LogP contribution is -1.99. The van der Waals surface area contributed by atoms with Gasteiger partial charge in [0.1, 0.15) is 0 Å². The lowest BCUT2D eigenvalue weighted by Gasteiger charge is -2.04. The van der Waals surface area contributed by atoms with Crippen LogP contribution < -0.4 is 0 Å². The average Bonchev–Trinajstić information content (AvgIpc) is 2.63. The third-order valence-electron chi connectivity index (χ3n) is 5.00. The Labute approximate surface area is 161 Å². The van der Waals surface area contributed by atoms with Gasteiger partial charge in [-0.2, -0.15) is 0 Å². The molecule has 0 aromatic carbocycles. The number of ether oxygens (including phenoxy) is 1. The maximum absolute atomic E-state index is 11.0. The molecule has 0 aliphatic rings. The molecule has 0 aromatic rings. The maximum Gasteiger partial charge on any atom is 0.305 e. The fourth-order valence-electron chi connectivity index (χ4n) is 3.30. The molecular formula is C22H42O4. The minimum absolute atomic E-state index is 0.0826. The van der Waals surface area contributed by atoms with Gasteiger partial charge >= 0.3 is 11.9 Å². The summed E-state index contributed by atoms with van der Waals surface area (Å²) < 4.78 is 4.63. The zero-order chi connectivity index (χ0) is 19.3. The molecular weight excluding hydrogens is 328 g/mol. The predicted molar refractivity (Wildman–Crippen MR) is 107 cm³/mol. The summed E-state index contributed by atoms with van der Waals surface area (Å²) in [7, 11) is 1.45. The van der Waals surface area contributed by atoms with Crippen LogP contribution in [0.1, 0.15) is 122 Å². The summed E-state index contributed by atoms with van der Waals surface area (Å²) in [5, 5.41) is 8.56. The van der Waals surface area contributed by atoms with Crippen LogP contribution in [0.15, 0.2) is 0 Å². The molecule has 0 aliphatic carbocycles. The van der Waals surface area contributed by atoms with Crippen LogP contribution in [0.5, 0.6) is 0 Å². The van der Waals surface area contributed by atoms with E-state index in [9.17, 15) is 9.59 Å². The third kappa shape index (κ3) is 21.0. The minimum atomic E-state index is -0.666. The third-order valence-corrected chi connectivity index (χ3v) is 5.00. The summed E-state index contributed by atoms with van der Waals surface area (Å²) in [6.45, 7) is 0. The van der Waals surface area contributed by atoms with E-state index < -0.39 is 5.97 Å². The normalized spacial score (nSPS) is 10.8. The van der Waals surface area contributed by atoms with E-state index in [0.29, 0.717) is 12.8 Å². The molecule has 0 aliphatic heterocycles. The Morgan fingerprint density at radius 3 is 1.08 bits per heavy atom. The van der Waals surface area contributed by atoms with Crippen molar-refractivity contribution in [2.24, 2.45) is 0 Å². The average molecular weight is 371 g/mol. The van der Waals surface area contributed by atoms with Crippen LogP contribution >= 0.6 is 0 Å². The van der Waals surface area contributed by atoms with Gasteiger partial charge in [-0.3, -0.25) is 9.59 Å². The number of hydrogen-bond donors (Lipinski definition) is 1. The van der Waals surface area contributed by atoms with Gasteiger partial charge in [-0.1, -0.05) is 96.3 Å².